The third-order valence-corrected chi connectivity index (χ3v) is 18.2. The third-order valence-electron chi connectivity index (χ3n) is 14.1. The van der Waals surface area contributed by atoms with Gasteiger partial charge in [0, 0.05) is 43.1 Å². The molecule has 0 amide bonds. The number of hydrogen-bond acceptors (Lipinski definition) is 0. The van der Waals surface area contributed by atoms with Crippen LogP contribution in [0.2, 0.25) is 39.3 Å². The summed E-state index contributed by atoms with van der Waals surface area (Å²) in [6.45, 7) is 19.1. The normalized spacial score (nSPS) is 12.7. The minimum atomic E-state index is -1.57. The number of nitrogens with zero attached hydrogens (tertiary/aromatic N) is 2. The Morgan fingerprint density at radius 3 is 0.844 bits per heavy atom. The van der Waals surface area contributed by atoms with E-state index in [9.17, 15) is 0 Å². The lowest BCUT2D eigenvalue weighted by atomic mass is 9.84. The number of fused-ring (bicyclic) bond motifs is 10. The van der Waals surface area contributed by atoms with Crippen molar-refractivity contribution in [2.24, 2.45) is 0 Å². The van der Waals surface area contributed by atoms with E-state index in [0.29, 0.717) is 0 Å². The monoisotopic (exact) mass is 856 g/mol. The zero-order valence-corrected chi connectivity index (χ0v) is 40.1. The number of hydrogen-bond donors (Lipinski definition) is 0. The van der Waals surface area contributed by atoms with Crippen molar-refractivity contribution in [3.63, 3.8) is 0 Å². The van der Waals surface area contributed by atoms with E-state index >= 15 is 0 Å². The van der Waals surface area contributed by atoms with Gasteiger partial charge in [0.1, 0.15) is 0 Å². The van der Waals surface area contributed by atoms with Gasteiger partial charge in [-0.1, -0.05) is 194 Å². The second-order valence-corrected chi connectivity index (χ2v) is 30.5. The van der Waals surface area contributed by atoms with Gasteiger partial charge in [-0.25, -0.2) is 0 Å². The molecule has 0 saturated heterocycles. The molecular weight excluding hydrogens is 805 g/mol. The Labute approximate surface area is 377 Å². The SMILES string of the molecule is Cc1ccc2c(c1)c1cc([Si](C)(C)C)ccc1n2-c1c2ccccc2c(-c2c3ccccc3c(-n3c4ccc(C)cc4c4cc([Si](C)(C)C)ccc43)c3ccccc23)c2ccccc12. The van der Waals surface area contributed by atoms with Crippen LogP contribution in [0.3, 0.4) is 0 Å². The molecule has 12 rings (SSSR count). The second-order valence-electron chi connectivity index (χ2n) is 20.3. The Hall–Kier alpha value is -6.73. The van der Waals surface area contributed by atoms with Crippen LogP contribution in [-0.2, 0) is 0 Å². The lowest BCUT2D eigenvalue weighted by Gasteiger charge is -2.23. The molecule has 0 bridgehead atoms. The highest BCUT2D eigenvalue weighted by Crippen LogP contribution is 2.50. The van der Waals surface area contributed by atoms with Crippen molar-refractivity contribution in [2.75, 3.05) is 0 Å². The standard InChI is InChI=1S/C60H52N2Si2/c1-37-25-29-53-49(33-37)51-35-39(63(3,4)5)27-31-55(51)61(53)59-45-21-13-9-17-41(45)57(42-18-10-14-22-46(42)59)58-43-19-11-15-23-47(43)60(48-24-16-12-20-44(48)58)62-54-30-26-38(2)34-50(54)52-36-40(64(6,7)8)28-32-56(52)62/h9-36H,1-8H3. The van der Waals surface area contributed by atoms with Crippen molar-refractivity contribution in [3.05, 3.63) is 181 Å². The van der Waals surface area contributed by atoms with Gasteiger partial charge in [0.05, 0.1) is 49.6 Å². The van der Waals surface area contributed by atoms with E-state index in [1.807, 2.05) is 0 Å². The van der Waals surface area contributed by atoms with Crippen LogP contribution in [0.1, 0.15) is 11.1 Å². The summed E-state index contributed by atoms with van der Waals surface area (Å²) in [4.78, 5) is 0. The Morgan fingerprint density at radius 1 is 0.281 bits per heavy atom. The fraction of sp³-hybridized carbons (Fsp3) is 0.133. The van der Waals surface area contributed by atoms with Gasteiger partial charge in [-0.3, -0.25) is 0 Å². The molecule has 10 aromatic carbocycles. The van der Waals surface area contributed by atoms with Crippen LogP contribution in [0.25, 0.3) is 109 Å². The Morgan fingerprint density at radius 2 is 0.547 bits per heavy atom. The van der Waals surface area contributed by atoms with Crippen LogP contribution < -0.4 is 10.4 Å². The number of benzene rings is 10. The van der Waals surface area contributed by atoms with E-state index in [-0.39, 0.29) is 0 Å². The minimum Gasteiger partial charge on any atom is -0.308 e. The highest BCUT2D eigenvalue weighted by Gasteiger charge is 2.27. The molecule has 0 aliphatic heterocycles. The molecule has 12 aromatic rings. The maximum Gasteiger partial charge on any atom is 0.0776 e. The fourth-order valence-corrected chi connectivity index (χ4v) is 13.2. The van der Waals surface area contributed by atoms with E-state index in [0.717, 1.165) is 0 Å². The van der Waals surface area contributed by atoms with Crippen molar-refractivity contribution in [1.29, 1.82) is 0 Å². The quantitative estimate of drug-likeness (QED) is 0.121. The van der Waals surface area contributed by atoms with Crippen LogP contribution >= 0.6 is 0 Å². The molecule has 4 heteroatoms. The largest absolute Gasteiger partial charge is 0.308 e. The Bertz CT molecular complexity index is 3570. The van der Waals surface area contributed by atoms with E-state index in [1.54, 1.807) is 0 Å². The molecule has 0 unspecified atom stereocenters. The van der Waals surface area contributed by atoms with Crippen LogP contribution in [0.15, 0.2) is 170 Å². The first-order valence-electron chi connectivity index (χ1n) is 22.9. The van der Waals surface area contributed by atoms with Gasteiger partial charge in [-0.15, -0.1) is 0 Å². The second kappa shape index (κ2) is 13.9. The number of aryl methyl sites for hydroxylation is 2. The highest BCUT2D eigenvalue weighted by molar-refractivity contribution is 6.89. The first-order chi connectivity index (χ1) is 30.9. The highest BCUT2D eigenvalue weighted by atomic mass is 28.3. The number of rotatable bonds is 5. The van der Waals surface area contributed by atoms with Crippen LogP contribution in [0, 0.1) is 13.8 Å². The molecule has 0 aliphatic carbocycles. The van der Waals surface area contributed by atoms with Crippen molar-refractivity contribution >= 4 is 113 Å². The molecule has 64 heavy (non-hydrogen) atoms. The third kappa shape index (κ3) is 5.68. The minimum absolute atomic E-state index is 1.24. The summed E-state index contributed by atoms with van der Waals surface area (Å²) >= 11 is 0. The zero-order valence-electron chi connectivity index (χ0n) is 38.1. The Balaban J connectivity index is 1.22. The van der Waals surface area contributed by atoms with Crippen molar-refractivity contribution < 1.29 is 0 Å². The molecule has 0 fully saturated rings. The summed E-state index contributed by atoms with van der Waals surface area (Å²) in [5, 5.41) is 18.3. The van der Waals surface area contributed by atoms with Crippen molar-refractivity contribution in [1.82, 2.24) is 9.13 Å². The van der Waals surface area contributed by atoms with E-state index in [1.165, 1.54) is 131 Å². The summed E-state index contributed by atoms with van der Waals surface area (Å²) in [7, 11) is -3.14. The number of aromatic nitrogens is 2. The molecule has 2 aromatic heterocycles. The van der Waals surface area contributed by atoms with Gasteiger partial charge in [0.15, 0.2) is 0 Å². The maximum atomic E-state index is 2.57. The first-order valence-corrected chi connectivity index (χ1v) is 29.9. The fourth-order valence-electron chi connectivity index (χ4n) is 10.9. The lowest BCUT2D eigenvalue weighted by Crippen LogP contribution is -2.37. The average molecular weight is 857 g/mol. The predicted octanol–water partition coefficient (Wildman–Crippen LogP) is 15.9. The summed E-state index contributed by atoms with van der Waals surface area (Å²) in [5.41, 5.74) is 12.6. The van der Waals surface area contributed by atoms with Crippen LogP contribution in [-0.4, -0.2) is 25.3 Å². The molecule has 2 heterocycles. The predicted molar refractivity (Wildman–Crippen MR) is 286 cm³/mol. The summed E-state index contributed by atoms with van der Waals surface area (Å²) in [6.07, 6.45) is 0. The molecule has 0 N–H and O–H groups in total. The maximum absolute atomic E-state index is 2.57. The van der Waals surface area contributed by atoms with Gasteiger partial charge in [-0.05, 0) is 82.9 Å². The first kappa shape index (κ1) is 38.9. The van der Waals surface area contributed by atoms with E-state index in [4.69, 9.17) is 0 Å². The van der Waals surface area contributed by atoms with Crippen molar-refractivity contribution in [3.8, 4) is 22.5 Å². The van der Waals surface area contributed by atoms with Gasteiger partial charge in [0.2, 0.25) is 0 Å². The van der Waals surface area contributed by atoms with E-state index in [2.05, 4.69) is 232 Å². The molecule has 310 valence electrons. The molecule has 0 saturated carbocycles. The summed E-state index contributed by atoms with van der Waals surface area (Å²) in [5.74, 6) is 0. The van der Waals surface area contributed by atoms with Crippen molar-refractivity contribution in [2.45, 2.75) is 53.1 Å². The molecular formula is C60H52N2Si2. The van der Waals surface area contributed by atoms with Gasteiger partial charge in [-0.2, -0.15) is 0 Å². The smallest absolute Gasteiger partial charge is 0.0776 e. The lowest BCUT2D eigenvalue weighted by molar-refractivity contribution is 1.21. The summed E-state index contributed by atoms with van der Waals surface area (Å²) in [6, 6.07) is 65.3. The Kier molecular flexibility index (Phi) is 8.44. The van der Waals surface area contributed by atoms with Gasteiger partial charge >= 0.3 is 0 Å². The molecule has 0 aliphatic rings. The van der Waals surface area contributed by atoms with Crippen LogP contribution in [0.5, 0.6) is 0 Å². The topological polar surface area (TPSA) is 9.86 Å². The van der Waals surface area contributed by atoms with Gasteiger partial charge in [0.25, 0.3) is 0 Å². The van der Waals surface area contributed by atoms with Crippen LogP contribution in [0.4, 0.5) is 0 Å². The molecule has 0 atom stereocenters. The molecule has 0 spiro atoms. The van der Waals surface area contributed by atoms with E-state index < -0.39 is 16.1 Å². The van der Waals surface area contributed by atoms with Gasteiger partial charge < -0.3 is 9.13 Å². The molecule has 2 nitrogen and oxygen atoms in total. The molecule has 0 radical (unpaired) electrons. The summed E-state index contributed by atoms with van der Waals surface area (Å²) < 4.78 is 5.15. The zero-order chi connectivity index (χ0) is 43.8. The average Bonchev–Trinajstić information content (AvgIpc) is 3.77.